The van der Waals surface area contributed by atoms with Gasteiger partial charge in [0.15, 0.2) is 0 Å². The lowest BCUT2D eigenvalue weighted by atomic mass is 10.1. The predicted molar refractivity (Wildman–Crippen MR) is 85.8 cm³/mol. The van der Waals surface area contributed by atoms with Gasteiger partial charge in [0, 0.05) is 40.1 Å². The minimum absolute atomic E-state index is 0.143. The lowest BCUT2D eigenvalue weighted by Crippen LogP contribution is -2.38. The molecule has 1 amide bonds. The van der Waals surface area contributed by atoms with Gasteiger partial charge in [0.1, 0.15) is 5.65 Å². The smallest absolute Gasteiger partial charge is 0.332 e. The van der Waals surface area contributed by atoms with Gasteiger partial charge in [-0.05, 0) is 19.4 Å². The number of aryl methyl sites for hydroxylation is 2. The van der Waals surface area contributed by atoms with Crippen LogP contribution in [0, 0.1) is 6.92 Å². The second kappa shape index (κ2) is 6.74. The zero-order valence-corrected chi connectivity index (χ0v) is 13.7. The van der Waals surface area contributed by atoms with Gasteiger partial charge in [-0.25, -0.2) is 9.78 Å². The molecule has 0 bridgehead atoms. The minimum Gasteiger partial charge on any atom is -0.385 e. The molecule has 1 N–H and O–H groups in total. The van der Waals surface area contributed by atoms with Crippen LogP contribution in [0.5, 0.6) is 0 Å². The fourth-order valence-electron chi connectivity index (χ4n) is 2.37. The average molecular weight is 320 g/mol. The van der Waals surface area contributed by atoms with E-state index in [4.69, 9.17) is 4.74 Å². The third kappa shape index (κ3) is 3.16. The zero-order chi connectivity index (χ0) is 17.1. The van der Waals surface area contributed by atoms with E-state index >= 15 is 0 Å². The van der Waals surface area contributed by atoms with Crippen LogP contribution in [0.4, 0.5) is 0 Å². The van der Waals surface area contributed by atoms with E-state index in [0.717, 1.165) is 4.57 Å². The molecule has 23 heavy (non-hydrogen) atoms. The summed E-state index contributed by atoms with van der Waals surface area (Å²) in [5, 5.41) is 2.89. The van der Waals surface area contributed by atoms with Crippen LogP contribution in [0.15, 0.2) is 15.7 Å². The van der Waals surface area contributed by atoms with E-state index < -0.39 is 11.2 Å². The molecule has 0 unspecified atom stereocenters. The van der Waals surface area contributed by atoms with Crippen LogP contribution in [-0.4, -0.2) is 40.3 Å². The lowest BCUT2D eigenvalue weighted by molar-refractivity contribution is 0.0950. The summed E-state index contributed by atoms with van der Waals surface area (Å²) < 4.78 is 7.17. The Hall–Kier alpha value is -2.48. The van der Waals surface area contributed by atoms with Crippen molar-refractivity contribution in [2.24, 2.45) is 14.1 Å². The fourth-order valence-corrected chi connectivity index (χ4v) is 2.37. The first-order valence-electron chi connectivity index (χ1n) is 7.23. The molecule has 2 aromatic rings. The van der Waals surface area contributed by atoms with Crippen LogP contribution in [-0.2, 0) is 18.8 Å². The summed E-state index contributed by atoms with van der Waals surface area (Å²) in [4.78, 5) is 41.1. The van der Waals surface area contributed by atoms with Crippen molar-refractivity contribution in [3.05, 3.63) is 38.2 Å². The normalized spacial score (nSPS) is 11.0. The molecule has 0 aliphatic rings. The van der Waals surface area contributed by atoms with E-state index in [1.807, 2.05) is 0 Å². The SMILES string of the molecule is COCCCNC(=O)c1cc(C)nc2c1c(=O)n(C)c(=O)n2C. The molecule has 0 aliphatic heterocycles. The Morgan fingerprint density at radius 2 is 2.00 bits per heavy atom. The van der Waals surface area contributed by atoms with E-state index in [-0.39, 0.29) is 22.5 Å². The lowest BCUT2D eigenvalue weighted by Gasteiger charge is -2.12. The van der Waals surface area contributed by atoms with Gasteiger partial charge < -0.3 is 10.1 Å². The molecule has 0 atom stereocenters. The number of nitrogens with zero attached hydrogens (tertiary/aromatic N) is 3. The first-order chi connectivity index (χ1) is 10.9. The number of aromatic nitrogens is 3. The Labute approximate surface area is 132 Å². The number of fused-ring (bicyclic) bond motifs is 1. The van der Waals surface area contributed by atoms with Gasteiger partial charge in [-0.3, -0.25) is 18.7 Å². The highest BCUT2D eigenvalue weighted by Crippen LogP contribution is 2.13. The first kappa shape index (κ1) is 16.9. The highest BCUT2D eigenvalue weighted by molar-refractivity contribution is 6.05. The Morgan fingerprint density at radius 3 is 2.65 bits per heavy atom. The summed E-state index contributed by atoms with van der Waals surface area (Å²) >= 11 is 0. The molecule has 8 nitrogen and oxygen atoms in total. The Bertz CT molecular complexity index is 866. The molecule has 0 aromatic carbocycles. The van der Waals surface area contributed by atoms with Crippen molar-refractivity contribution >= 4 is 16.9 Å². The molecule has 0 radical (unpaired) electrons. The second-order valence-corrected chi connectivity index (χ2v) is 5.32. The van der Waals surface area contributed by atoms with E-state index in [9.17, 15) is 14.4 Å². The summed E-state index contributed by atoms with van der Waals surface area (Å²) in [7, 11) is 4.49. The molecule has 0 spiro atoms. The molecule has 2 aromatic heterocycles. The number of carbonyl (C=O) groups excluding carboxylic acids is 1. The second-order valence-electron chi connectivity index (χ2n) is 5.32. The van der Waals surface area contributed by atoms with Gasteiger partial charge >= 0.3 is 5.69 Å². The van der Waals surface area contributed by atoms with Gasteiger partial charge in [0.2, 0.25) is 0 Å². The number of hydrogen-bond donors (Lipinski definition) is 1. The summed E-state index contributed by atoms with van der Waals surface area (Å²) in [5.41, 5.74) is -0.0197. The summed E-state index contributed by atoms with van der Waals surface area (Å²) in [6, 6.07) is 1.56. The van der Waals surface area contributed by atoms with Crippen LogP contribution < -0.4 is 16.6 Å². The number of amides is 1. The molecule has 0 fully saturated rings. The number of hydrogen-bond acceptors (Lipinski definition) is 5. The quantitative estimate of drug-likeness (QED) is 0.764. The Balaban J connectivity index is 2.58. The van der Waals surface area contributed by atoms with E-state index in [1.165, 1.54) is 18.7 Å². The maximum absolute atomic E-state index is 12.4. The molecular formula is C15H20N4O4. The summed E-state index contributed by atoms with van der Waals surface area (Å²) in [6.45, 7) is 2.68. The maximum atomic E-state index is 12.4. The van der Waals surface area contributed by atoms with Gasteiger partial charge in [-0.15, -0.1) is 0 Å². The van der Waals surface area contributed by atoms with Gasteiger partial charge in [0.25, 0.3) is 11.5 Å². The molecule has 2 rings (SSSR count). The number of rotatable bonds is 5. The number of pyridine rings is 1. The van der Waals surface area contributed by atoms with E-state index in [1.54, 1.807) is 20.1 Å². The number of methoxy groups -OCH3 is 1. The van der Waals surface area contributed by atoms with Crippen LogP contribution in [0.1, 0.15) is 22.5 Å². The van der Waals surface area contributed by atoms with Gasteiger partial charge in [0.05, 0.1) is 10.9 Å². The zero-order valence-electron chi connectivity index (χ0n) is 13.7. The highest BCUT2D eigenvalue weighted by Gasteiger charge is 2.18. The van der Waals surface area contributed by atoms with E-state index in [0.29, 0.717) is 25.3 Å². The van der Waals surface area contributed by atoms with Crippen molar-refractivity contribution < 1.29 is 9.53 Å². The monoisotopic (exact) mass is 320 g/mol. The minimum atomic E-state index is -0.530. The van der Waals surface area contributed by atoms with Crippen LogP contribution in [0.3, 0.4) is 0 Å². The van der Waals surface area contributed by atoms with Gasteiger partial charge in [-0.2, -0.15) is 0 Å². The van der Waals surface area contributed by atoms with Crippen molar-refractivity contribution in [2.75, 3.05) is 20.3 Å². The molecule has 124 valence electrons. The largest absolute Gasteiger partial charge is 0.385 e. The van der Waals surface area contributed by atoms with Crippen molar-refractivity contribution in [3.63, 3.8) is 0 Å². The molecule has 8 heteroatoms. The van der Waals surface area contributed by atoms with E-state index in [2.05, 4.69) is 10.3 Å². The molecule has 0 saturated carbocycles. The van der Waals surface area contributed by atoms with Crippen LogP contribution in [0.2, 0.25) is 0 Å². The van der Waals surface area contributed by atoms with Crippen LogP contribution in [0.25, 0.3) is 11.0 Å². The Morgan fingerprint density at radius 1 is 1.30 bits per heavy atom. The molecule has 2 heterocycles. The Kier molecular flexibility index (Phi) is 4.95. The average Bonchev–Trinajstić information content (AvgIpc) is 2.53. The third-order valence-corrected chi connectivity index (χ3v) is 3.59. The number of ether oxygens (including phenoxy) is 1. The summed E-state index contributed by atoms with van der Waals surface area (Å²) in [6.07, 6.45) is 0.667. The topological polar surface area (TPSA) is 95.2 Å². The third-order valence-electron chi connectivity index (χ3n) is 3.59. The number of carbonyl (C=O) groups is 1. The number of nitrogens with one attached hydrogen (secondary N) is 1. The van der Waals surface area contributed by atoms with Crippen molar-refractivity contribution in [1.29, 1.82) is 0 Å². The van der Waals surface area contributed by atoms with Crippen molar-refractivity contribution in [3.8, 4) is 0 Å². The standard InChI is InChI=1S/C15H20N4O4/c1-9-8-10(13(20)16-6-5-7-23-4)11-12(17-9)18(2)15(22)19(3)14(11)21/h8H,5-7H2,1-4H3,(H,16,20). The fraction of sp³-hybridized carbons (Fsp3) is 0.467. The summed E-state index contributed by atoms with van der Waals surface area (Å²) in [5.74, 6) is -0.368. The van der Waals surface area contributed by atoms with Crippen molar-refractivity contribution in [2.45, 2.75) is 13.3 Å². The predicted octanol–water partition coefficient (Wildman–Crippen LogP) is -0.293. The molecule has 0 saturated heterocycles. The van der Waals surface area contributed by atoms with Crippen molar-refractivity contribution in [1.82, 2.24) is 19.4 Å². The highest BCUT2D eigenvalue weighted by atomic mass is 16.5. The first-order valence-corrected chi connectivity index (χ1v) is 7.23. The molecule has 0 aliphatic carbocycles. The maximum Gasteiger partial charge on any atom is 0.332 e. The van der Waals surface area contributed by atoms with Crippen LogP contribution >= 0.6 is 0 Å². The van der Waals surface area contributed by atoms with Gasteiger partial charge in [-0.1, -0.05) is 0 Å². The molecular weight excluding hydrogens is 300 g/mol.